The minimum absolute atomic E-state index is 0.0283. The molecular weight excluding hydrogens is 500 g/mol. The van der Waals surface area contributed by atoms with E-state index in [0.717, 1.165) is 22.7 Å². The summed E-state index contributed by atoms with van der Waals surface area (Å²) in [6.07, 6.45) is 0. The molecule has 0 saturated heterocycles. The average Bonchev–Trinajstić information content (AvgIpc) is 2.99. The van der Waals surface area contributed by atoms with Crippen molar-refractivity contribution in [3.8, 4) is 11.5 Å². The first-order valence-electron chi connectivity index (χ1n) is 12.8. The van der Waals surface area contributed by atoms with Crippen LogP contribution in [-0.2, 0) is 0 Å². The fraction of sp³-hybridized carbons (Fsp3) is 0. The Morgan fingerprint density at radius 3 is 1.07 bits per heavy atom. The topological polar surface area (TPSA) is 87.4 Å². The summed E-state index contributed by atoms with van der Waals surface area (Å²) in [6.45, 7) is 0. The zero-order valence-corrected chi connectivity index (χ0v) is 21.4. The number of hydrogen-bond donors (Lipinski definition) is 4. The van der Waals surface area contributed by atoms with E-state index in [-0.39, 0.29) is 39.9 Å². The summed E-state index contributed by atoms with van der Waals surface area (Å²) >= 11 is 0. The van der Waals surface area contributed by atoms with Crippen LogP contribution in [0.3, 0.4) is 0 Å². The SMILES string of the molecule is OC1=C(c2c(O)cc(N(c3ccccc3)c3ccccc3)cc2O)C(O)=C1N(c1ccccc1)c1ccccc1. The van der Waals surface area contributed by atoms with Crippen molar-refractivity contribution in [2.24, 2.45) is 0 Å². The smallest absolute Gasteiger partial charge is 0.155 e. The number of benzene rings is 5. The fourth-order valence-electron chi connectivity index (χ4n) is 4.99. The van der Waals surface area contributed by atoms with Gasteiger partial charge in [-0.2, -0.15) is 0 Å². The van der Waals surface area contributed by atoms with Crippen molar-refractivity contribution in [3.05, 3.63) is 156 Å². The number of rotatable bonds is 7. The molecule has 5 aromatic carbocycles. The number of aliphatic hydroxyl groups excluding tert-OH is 2. The summed E-state index contributed by atoms with van der Waals surface area (Å²) in [5.41, 5.74) is 3.72. The van der Waals surface area contributed by atoms with E-state index in [1.165, 1.54) is 12.1 Å². The van der Waals surface area contributed by atoms with Gasteiger partial charge >= 0.3 is 0 Å². The molecule has 196 valence electrons. The lowest BCUT2D eigenvalue weighted by molar-refractivity contribution is 0.362. The molecule has 5 aromatic rings. The maximum atomic E-state index is 11.3. The van der Waals surface area contributed by atoms with Crippen molar-refractivity contribution >= 4 is 34.0 Å². The van der Waals surface area contributed by atoms with Crippen LogP contribution in [0.25, 0.3) is 5.57 Å². The van der Waals surface area contributed by atoms with Crippen LogP contribution in [0, 0.1) is 0 Å². The first-order chi connectivity index (χ1) is 19.5. The van der Waals surface area contributed by atoms with Gasteiger partial charge in [0.2, 0.25) is 0 Å². The highest BCUT2D eigenvalue weighted by molar-refractivity contribution is 5.97. The van der Waals surface area contributed by atoms with Crippen LogP contribution in [0.15, 0.2) is 151 Å². The molecule has 0 saturated carbocycles. The average molecular weight is 527 g/mol. The highest BCUT2D eigenvalue weighted by Gasteiger charge is 2.38. The summed E-state index contributed by atoms with van der Waals surface area (Å²) in [6, 6.07) is 40.9. The summed E-state index contributed by atoms with van der Waals surface area (Å²) in [4.78, 5) is 3.62. The van der Waals surface area contributed by atoms with E-state index in [9.17, 15) is 20.4 Å². The standard InChI is InChI=1S/C34H26N2O4/c37-28-21-27(35(23-13-5-1-6-14-23)24-15-7-2-8-16-24)22-29(38)30(28)31-33(39)32(34(31)40)36(25-17-9-3-10-18-25)26-19-11-4-12-20-26/h1-22,37-40H. The molecule has 0 heterocycles. The predicted octanol–water partition coefficient (Wildman–Crippen LogP) is 8.46. The Labute approximate surface area is 231 Å². The molecule has 40 heavy (non-hydrogen) atoms. The Bertz CT molecular complexity index is 1620. The molecule has 0 fully saturated rings. The minimum Gasteiger partial charge on any atom is -0.507 e. The molecule has 4 N–H and O–H groups in total. The molecule has 1 aliphatic rings. The first-order valence-corrected chi connectivity index (χ1v) is 12.8. The molecule has 6 nitrogen and oxygen atoms in total. The molecule has 0 bridgehead atoms. The Hall–Kier alpha value is -5.62. The second kappa shape index (κ2) is 10.3. The minimum atomic E-state index is -0.287. The van der Waals surface area contributed by atoms with Gasteiger partial charge in [-0.25, -0.2) is 0 Å². The Kier molecular flexibility index (Phi) is 6.34. The largest absolute Gasteiger partial charge is 0.507 e. The van der Waals surface area contributed by atoms with Crippen molar-refractivity contribution in [3.63, 3.8) is 0 Å². The zero-order valence-electron chi connectivity index (χ0n) is 21.4. The second-order valence-electron chi connectivity index (χ2n) is 9.29. The van der Waals surface area contributed by atoms with Gasteiger partial charge in [-0.15, -0.1) is 0 Å². The van der Waals surface area contributed by atoms with Crippen molar-refractivity contribution in [1.29, 1.82) is 0 Å². The second-order valence-corrected chi connectivity index (χ2v) is 9.29. The molecule has 0 atom stereocenters. The lowest BCUT2D eigenvalue weighted by Gasteiger charge is -2.34. The van der Waals surface area contributed by atoms with E-state index in [4.69, 9.17) is 0 Å². The molecule has 0 unspecified atom stereocenters. The van der Waals surface area contributed by atoms with Crippen LogP contribution in [0.5, 0.6) is 11.5 Å². The predicted molar refractivity (Wildman–Crippen MR) is 159 cm³/mol. The van der Waals surface area contributed by atoms with Gasteiger partial charge < -0.3 is 30.2 Å². The van der Waals surface area contributed by atoms with Crippen molar-refractivity contribution in [2.45, 2.75) is 0 Å². The van der Waals surface area contributed by atoms with E-state index >= 15 is 0 Å². The Morgan fingerprint density at radius 2 is 0.725 bits per heavy atom. The lowest BCUT2D eigenvalue weighted by atomic mass is 9.89. The molecule has 6 rings (SSSR count). The van der Waals surface area contributed by atoms with Crippen LogP contribution in [-0.4, -0.2) is 20.4 Å². The van der Waals surface area contributed by atoms with E-state index in [1.807, 2.05) is 126 Å². The number of phenolic OH excluding ortho intramolecular Hbond substituents is 2. The molecule has 0 aliphatic heterocycles. The Balaban J connectivity index is 1.43. The Morgan fingerprint density at radius 1 is 0.375 bits per heavy atom. The molecule has 6 heteroatoms. The van der Waals surface area contributed by atoms with Gasteiger partial charge in [0, 0.05) is 34.9 Å². The molecular formula is C34H26N2O4. The number of nitrogens with zero attached hydrogens (tertiary/aromatic N) is 2. The summed E-state index contributed by atoms with van der Waals surface area (Å²) in [5.74, 6) is -1.06. The lowest BCUT2D eigenvalue weighted by Crippen LogP contribution is -2.26. The van der Waals surface area contributed by atoms with Crippen molar-refractivity contribution < 1.29 is 20.4 Å². The molecule has 0 radical (unpaired) electrons. The van der Waals surface area contributed by atoms with Crippen LogP contribution >= 0.6 is 0 Å². The van der Waals surface area contributed by atoms with Gasteiger partial charge in [-0.3, -0.25) is 0 Å². The van der Waals surface area contributed by atoms with Crippen molar-refractivity contribution in [2.75, 3.05) is 9.80 Å². The highest BCUT2D eigenvalue weighted by Crippen LogP contribution is 2.51. The van der Waals surface area contributed by atoms with Crippen LogP contribution < -0.4 is 9.80 Å². The highest BCUT2D eigenvalue weighted by atomic mass is 16.3. The van der Waals surface area contributed by atoms with Gasteiger partial charge in [0.05, 0.1) is 16.8 Å². The monoisotopic (exact) mass is 526 g/mol. The third-order valence-corrected chi connectivity index (χ3v) is 6.79. The van der Waals surface area contributed by atoms with E-state index in [1.54, 1.807) is 4.90 Å². The van der Waals surface area contributed by atoms with Gasteiger partial charge in [-0.05, 0) is 48.5 Å². The van der Waals surface area contributed by atoms with Crippen LogP contribution in [0.2, 0.25) is 0 Å². The summed E-state index contributed by atoms with van der Waals surface area (Å²) in [7, 11) is 0. The number of aliphatic hydroxyl groups is 2. The number of para-hydroxylation sites is 4. The third-order valence-electron chi connectivity index (χ3n) is 6.79. The fourth-order valence-corrected chi connectivity index (χ4v) is 4.99. The molecule has 0 aromatic heterocycles. The number of allylic oxidation sites excluding steroid dienone is 1. The summed E-state index contributed by atoms with van der Waals surface area (Å²) < 4.78 is 0. The van der Waals surface area contributed by atoms with Crippen LogP contribution in [0.4, 0.5) is 28.4 Å². The molecule has 0 spiro atoms. The van der Waals surface area contributed by atoms with Crippen molar-refractivity contribution in [1.82, 2.24) is 0 Å². The normalized spacial score (nSPS) is 12.7. The zero-order chi connectivity index (χ0) is 27.6. The van der Waals surface area contributed by atoms with E-state index < -0.39 is 0 Å². The maximum Gasteiger partial charge on any atom is 0.155 e. The number of hydrogen-bond acceptors (Lipinski definition) is 6. The third kappa shape index (κ3) is 4.27. The van der Waals surface area contributed by atoms with Crippen LogP contribution in [0.1, 0.15) is 5.56 Å². The van der Waals surface area contributed by atoms with Gasteiger partial charge in [0.1, 0.15) is 17.2 Å². The first kappa shape index (κ1) is 24.7. The maximum absolute atomic E-state index is 11.3. The van der Waals surface area contributed by atoms with Gasteiger partial charge in [0.15, 0.2) is 11.5 Å². The molecule has 1 aliphatic carbocycles. The summed E-state index contributed by atoms with van der Waals surface area (Å²) in [5, 5.41) is 44.8. The van der Waals surface area contributed by atoms with Gasteiger partial charge in [0.25, 0.3) is 0 Å². The number of aromatic hydroxyl groups is 2. The number of anilines is 5. The quantitative estimate of drug-likeness (QED) is 0.170. The van der Waals surface area contributed by atoms with Gasteiger partial charge in [-0.1, -0.05) is 72.8 Å². The number of phenols is 2. The van der Waals surface area contributed by atoms with E-state index in [0.29, 0.717) is 5.69 Å². The molecule has 0 amide bonds. The van der Waals surface area contributed by atoms with E-state index in [2.05, 4.69) is 0 Å².